The van der Waals surface area contributed by atoms with E-state index in [2.05, 4.69) is 61.8 Å². The van der Waals surface area contributed by atoms with Gasteiger partial charge in [-0.15, -0.1) is 0 Å². The first-order valence-corrected chi connectivity index (χ1v) is 9.36. The van der Waals surface area contributed by atoms with Gasteiger partial charge in [0, 0.05) is 11.4 Å². The fourth-order valence-corrected chi connectivity index (χ4v) is 3.18. The van der Waals surface area contributed by atoms with Gasteiger partial charge in [-0.3, -0.25) is 0 Å². The van der Waals surface area contributed by atoms with E-state index in [0.29, 0.717) is 11.8 Å². The molecule has 136 valence electrons. The van der Waals surface area contributed by atoms with Gasteiger partial charge in [-0.1, -0.05) is 50.3 Å². The van der Waals surface area contributed by atoms with E-state index < -0.39 is 0 Å². The van der Waals surface area contributed by atoms with Gasteiger partial charge >= 0.3 is 0 Å². The summed E-state index contributed by atoms with van der Waals surface area (Å²) in [6.45, 7) is 6.54. The van der Waals surface area contributed by atoms with Crippen LogP contribution in [0.15, 0.2) is 72.5 Å². The van der Waals surface area contributed by atoms with Crippen molar-refractivity contribution in [3.05, 3.63) is 78.0 Å². The molecule has 2 unspecified atom stereocenters. The van der Waals surface area contributed by atoms with Crippen LogP contribution in [0, 0.1) is 18.8 Å². The number of nitrogens with one attached hydrogen (secondary N) is 2. The zero-order chi connectivity index (χ0) is 18.8. The maximum Gasteiger partial charge on any atom is 0.174 e. The van der Waals surface area contributed by atoms with Crippen LogP contribution >= 0.6 is 0 Å². The summed E-state index contributed by atoms with van der Waals surface area (Å²) < 4.78 is 0. The fourth-order valence-electron chi connectivity index (χ4n) is 3.18. The summed E-state index contributed by atoms with van der Waals surface area (Å²) in [5.41, 5.74) is 4.99. The van der Waals surface area contributed by atoms with Crippen LogP contribution in [0.3, 0.4) is 0 Å². The molecule has 1 heterocycles. The number of nitrogens with zero attached hydrogens (tertiary/aromatic N) is 2. The van der Waals surface area contributed by atoms with Crippen LogP contribution in [0.5, 0.6) is 0 Å². The maximum atomic E-state index is 4.82. The molecule has 0 bridgehead atoms. The second-order valence-electron chi connectivity index (χ2n) is 7.23. The Kier molecular flexibility index (Phi) is 4.63. The summed E-state index contributed by atoms with van der Waals surface area (Å²) in [4.78, 5) is 9.63. The minimum Gasteiger partial charge on any atom is -0.337 e. The Balaban J connectivity index is 1.73. The Morgan fingerprint density at radius 2 is 1.52 bits per heavy atom. The first-order chi connectivity index (χ1) is 13.1. The molecule has 0 saturated carbocycles. The highest BCUT2D eigenvalue weighted by Crippen LogP contribution is 2.28. The van der Waals surface area contributed by atoms with Crippen molar-refractivity contribution >= 4 is 28.4 Å². The lowest BCUT2D eigenvalue weighted by atomic mass is 9.91. The van der Waals surface area contributed by atoms with E-state index in [1.165, 1.54) is 5.56 Å². The molecular weight excluding hydrogens is 332 g/mol. The number of rotatable bonds is 4. The lowest BCUT2D eigenvalue weighted by Crippen LogP contribution is -2.12. The molecule has 1 aromatic heterocycles. The number of anilines is 3. The molecule has 0 amide bonds. The van der Waals surface area contributed by atoms with Crippen LogP contribution in [0.2, 0.25) is 0 Å². The summed E-state index contributed by atoms with van der Waals surface area (Å²) in [6, 6.07) is 16.2. The standard InChI is InChI=1S/C23H24N4/c1-15-7-6-8-18(13-15)24-22-23(25-19-12-11-16(2)17(3)14-19)27-21-10-5-4-9-20(21)26-22/h4-14,16-17H,1-3H3,(H,24,26)(H,25,27). The molecule has 4 heteroatoms. The molecule has 4 nitrogen and oxygen atoms in total. The number of allylic oxidation sites excluding steroid dienone is 3. The SMILES string of the molecule is Cc1cccc(Nc2nc3ccccc3nc2NC2=CC(C)C(C)C=C2)c1. The highest BCUT2D eigenvalue weighted by molar-refractivity contribution is 5.82. The van der Waals surface area contributed by atoms with Crippen molar-refractivity contribution in [2.45, 2.75) is 20.8 Å². The van der Waals surface area contributed by atoms with Crippen LogP contribution in [-0.2, 0) is 0 Å². The summed E-state index contributed by atoms with van der Waals surface area (Å²) in [6.07, 6.45) is 6.60. The third-order valence-corrected chi connectivity index (χ3v) is 4.97. The summed E-state index contributed by atoms with van der Waals surface area (Å²) >= 11 is 0. The van der Waals surface area contributed by atoms with Crippen LogP contribution in [0.25, 0.3) is 11.0 Å². The van der Waals surface area contributed by atoms with Crippen molar-refractivity contribution in [3.8, 4) is 0 Å². The van der Waals surface area contributed by atoms with Gasteiger partial charge in [0.25, 0.3) is 0 Å². The fraction of sp³-hybridized carbons (Fsp3) is 0.217. The summed E-state index contributed by atoms with van der Waals surface area (Å²) in [5, 5.41) is 6.89. The highest BCUT2D eigenvalue weighted by Gasteiger charge is 2.15. The predicted molar refractivity (Wildman–Crippen MR) is 113 cm³/mol. The molecule has 2 aromatic carbocycles. The second-order valence-corrected chi connectivity index (χ2v) is 7.23. The third kappa shape index (κ3) is 3.85. The van der Waals surface area contributed by atoms with Gasteiger partial charge in [0.1, 0.15) is 0 Å². The molecule has 27 heavy (non-hydrogen) atoms. The minimum absolute atomic E-state index is 0.485. The van der Waals surface area contributed by atoms with Gasteiger partial charge in [-0.2, -0.15) is 0 Å². The van der Waals surface area contributed by atoms with Crippen molar-refractivity contribution in [1.29, 1.82) is 0 Å². The summed E-state index contributed by atoms with van der Waals surface area (Å²) in [7, 11) is 0. The Morgan fingerprint density at radius 3 is 2.19 bits per heavy atom. The van der Waals surface area contributed by atoms with Gasteiger partial charge in [0.2, 0.25) is 0 Å². The van der Waals surface area contributed by atoms with Crippen LogP contribution in [-0.4, -0.2) is 9.97 Å². The first-order valence-electron chi connectivity index (χ1n) is 9.36. The van der Waals surface area contributed by atoms with E-state index in [-0.39, 0.29) is 0 Å². The second kappa shape index (κ2) is 7.23. The molecule has 4 rings (SSSR count). The zero-order valence-electron chi connectivity index (χ0n) is 15.9. The van der Waals surface area contributed by atoms with Gasteiger partial charge in [0.15, 0.2) is 11.6 Å². The van der Waals surface area contributed by atoms with Crippen LogP contribution in [0.1, 0.15) is 19.4 Å². The van der Waals surface area contributed by atoms with Crippen molar-refractivity contribution in [3.63, 3.8) is 0 Å². The molecule has 0 radical (unpaired) electrons. The monoisotopic (exact) mass is 356 g/mol. The van der Waals surface area contributed by atoms with E-state index in [1.807, 2.05) is 36.4 Å². The van der Waals surface area contributed by atoms with Gasteiger partial charge in [-0.05, 0) is 54.7 Å². The normalized spacial score (nSPS) is 19.0. The van der Waals surface area contributed by atoms with E-state index in [9.17, 15) is 0 Å². The number of aryl methyl sites for hydroxylation is 1. The first kappa shape index (κ1) is 17.3. The third-order valence-electron chi connectivity index (χ3n) is 4.97. The highest BCUT2D eigenvalue weighted by atomic mass is 15.1. The molecule has 1 aliphatic rings. The minimum atomic E-state index is 0.485. The molecule has 2 N–H and O–H groups in total. The maximum absolute atomic E-state index is 4.82. The smallest absolute Gasteiger partial charge is 0.174 e. The number of para-hydroxylation sites is 2. The number of hydrogen-bond donors (Lipinski definition) is 2. The van der Waals surface area contributed by atoms with Crippen molar-refractivity contribution in [1.82, 2.24) is 9.97 Å². The molecule has 1 aliphatic carbocycles. The Morgan fingerprint density at radius 1 is 0.815 bits per heavy atom. The van der Waals surface area contributed by atoms with Crippen molar-refractivity contribution < 1.29 is 0 Å². The molecule has 0 saturated heterocycles. The number of aromatic nitrogens is 2. The average molecular weight is 356 g/mol. The molecule has 2 atom stereocenters. The lowest BCUT2D eigenvalue weighted by molar-refractivity contribution is 0.549. The van der Waals surface area contributed by atoms with E-state index >= 15 is 0 Å². The molecule has 3 aromatic rings. The van der Waals surface area contributed by atoms with Crippen LogP contribution < -0.4 is 10.6 Å². The quantitative estimate of drug-likeness (QED) is 0.618. The molecular formula is C23H24N4. The van der Waals surface area contributed by atoms with E-state index in [4.69, 9.17) is 9.97 Å². The topological polar surface area (TPSA) is 49.8 Å². The predicted octanol–water partition coefficient (Wildman–Crippen LogP) is 5.82. The Bertz CT molecular complexity index is 1040. The Hall–Kier alpha value is -3.14. The number of benzene rings is 2. The number of hydrogen-bond acceptors (Lipinski definition) is 4. The van der Waals surface area contributed by atoms with Crippen LogP contribution in [0.4, 0.5) is 17.3 Å². The van der Waals surface area contributed by atoms with E-state index in [0.717, 1.165) is 34.1 Å². The zero-order valence-corrected chi connectivity index (χ0v) is 15.9. The van der Waals surface area contributed by atoms with Crippen molar-refractivity contribution in [2.24, 2.45) is 11.8 Å². The van der Waals surface area contributed by atoms with Gasteiger partial charge in [-0.25, -0.2) is 9.97 Å². The molecule has 0 spiro atoms. The largest absolute Gasteiger partial charge is 0.337 e. The van der Waals surface area contributed by atoms with Gasteiger partial charge in [0.05, 0.1) is 11.0 Å². The van der Waals surface area contributed by atoms with Gasteiger partial charge < -0.3 is 10.6 Å². The lowest BCUT2D eigenvalue weighted by Gasteiger charge is -2.21. The molecule has 0 fully saturated rings. The van der Waals surface area contributed by atoms with Crippen molar-refractivity contribution in [2.75, 3.05) is 10.6 Å². The van der Waals surface area contributed by atoms with E-state index in [1.54, 1.807) is 0 Å². The summed E-state index contributed by atoms with van der Waals surface area (Å²) in [5.74, 6) is 2.48. The average Bonchev–Trinajstić information content (AvgIpc) is 2.65. The number of fused-ring (bicyclic) bond motifs is 1. The molecule has 0 aliphatic heterocycles. The Labute approximate surface area is 160 Å².